The molecular formula is C59H80N6O10. The number of aromatic nitrogens is 1. The first-order chi connectivity index (χ1) is 35.8. The molecule has 3 fully saturated rings. The zero-order valence-corrected chi connectivity index (χ0v) is 45.3. The van der Waals surface area contributed by atoms with Crippen molar-refractivity contribution in [3.63, 3.8) is 0 Å². The van der Waals surface area contributed by atoms with Gasteiger partial charge in [-0.3, -0.25) is 24.3 Å². The molecule has 5 N–H and O–H groups in total. The van der Waals surface area contributed by atoms with Crippen LogP contribution in [0.3, 0.4) is 0 Å². The number of nitrogens with zero attached hydrogens (tertiary/aromatic N) is 3. The molecular weight excluding hydrogens is 953 g/mol. The molecule has 5 aliphatic carbocycles. The number of carbonyl (C=O) groups is 5. The number of pyridine rings is 1. The molecule has 2 aliphatic heterocycles. The van der Waals surface area contributed by atoms with Crippen LogP contribution in [0.4, 0.5) is 9.59 Å². The number of primary amides is 1. The predicted molar refractivity (Wildman–Crippen MR) is 285 cm³/mol. The van der Waals surface area contributed by atoms with E-state index in [9.17, 15) is 29.1 Å². The number of nitrogens with two attached hydrogens (primary N) is 1. The highest BCUT2D eigenvalue weighted by molar-refractivity contribution is 6.23. The number of hydrogen-bond donors (Lipinski definition) is 4. The van der Waals surface area contributed by atoms with Crippen LogP contribution in [0.25, 0.3) is 5.57 Å². The zero-order valence-electron chi connectivity index (χ0n) is 45.3. The van der Waals surface area contributed by atoms with Gasteiger partial charge in [0.25, 0.3) is 5.91 Å². The average Bonchev–Trinajstić information content (AvgIpc) is 3.78. The van der Waals surface area contributed by atoms with Crippen LogP contribution in [0.2, 0.25) is 0 Å². The molecule has 0 unspecified atom stereocenters. The van der Waals surface area contributed by atoms with Gasteiger partial charge in [-0.2, -0.15) is 0 Å². The highest BCUT2D eigenvalue weighted by Gasteiger charge is 2.57. The molecule has 2 bridgehead atoms. The van der Waals surface area contributed by atoms with Gasteiger partial charge in [-0.25, -0.2) is 9.59 Å². The van der Waals surface area contributed by atoms with Crippen LogP contribution >= 0.6 is 0 Å². The second kappa shape index (κ2) is 23.7. The maximum absolute atomic E-state index is 14.3. The number of piperazine rings is 1. The summed E-state index contributed by atoms with van der Waals surface area (Å²) in [5.74, 6) is -0.348. The molecule has 16 heteroatoms. The molecule has 7 aliphatic rings. The number of amides is 3. The topological polar surface area (TPSA) is 212 Å². The van der Waals surface area contributed by atoms with Crippen molar-refractivity contribution in [1.29, 1.82) is 0 Å². The number of hydrogen-bond acceptors (Lipinski definition) is 13. The molecule has 1 aromatic heterocycles. The molecule has 12 atom stereocenters. The molecule has 2 saturated carbocycles. The van der Waals surface area contributed by atoms with Crippen LogP contribution in [-0.2, 0) is 33.3 Å². The van der Waals surface area contributed by atoms with Crippen LogP contribution < -0.4 is 16.4 Å². The molecule has 8 rings (SSSR count). The second-order valence-electron chi connectivity index (χ2n) is 22.7. The largest absolute Gasteiger partial charge is 0.446 e. The molecule has 1 aromatic rings. The summed E-state index contributed by atoms with van der Waals surface area (Å²) in [6.45, 7) is 15.2. The highest BCUT2D eigenvalue weighted by Crippen LogP contribution is 2.66. The van der Waals surface area contributed by atoms with Gasteiger partial charge in [-0.15, -0.1) is 0 Å². The van der Waals surface area contributed by atoms with E-state index < -0.39 is 53.9 Å². The molecule has 3 heterocycles. The van der Waals surface area contributed by atoms with Gasteiger partial charge in [0.05, 0.1) is 23.6 Å². The molecule has 0 spiro atoms. The number of ether oxygens (including phenoxy) is 4. The summed E-state index contributed by atoms with van der Waals surface area (Å²) in [6, 6.07) is 4.26. The van der Waals surface area contributed by atoms with Crippen LogP contribution in [0.5, 0.6) is 0 Å². The lowest BCUT2D eigenvalue weighted by atomic mass is 9.47. The Hall–Kier alpha value is -5.68. The lowest BCUT2D eigenvalue weighted by Gasteiger charge is -2.58. The van der Waals surface area contributed by atoms with Crippen LogP contribution in [0.15, 0.2) is 101 Å². The summed E-state index contributed by atoms with van der Waals surface area (Å²) in [4.78, 5) is 75.8. The smallest absolute Gasteiger partial charge is 0.410 e. The minimum absolute atomic E-state index is 0.127. The van der Waals surface area contributed by atoms with E-state index in [0.717, 1.165) is 38.2 Å². The summed E-state index contributed by atoms with van der Waals surface area (Å²) < 4.78 is 23.2. The van der Waals surface area contributed by atoms with E-state index in [1.54, 1.807) is 37.0 Å². The molecule has 3 amide bonds. The Balaban J connectivity index is 0.870. The third-order valence-electron chi connectivity index (χ3n) is 18.0. The third kappa shape index (κ3) is 12.0. The number of aliphatic hydroxyl groups is 1. The number of fused-ring (bicyclic) bond motifs is 7. The van der Waals surface area contributed by atoms with Crippen LogP contribution in [-0.4, -0.2) is 134 Å². The van der Waals surface area contributed by atoms with E-state index in [4.69, 9.17) is 24.7 Å². The summed E-state index contributed by atoms with van der Waals surface area (Å²) in [5, 5.41) is 17.5. The Morgan fingerprint density at radius 1 is 0.960 bits per heavy atom. The van der Waals surface area contributed by atoms with Crippen molar-refractivity contribution in [2.75, 3.05) is 53.5 Å². The first-order valence-corrected chi connectivity index (χ1v) is 27.2. The Bertz CT molecular complexity index is 2560. The Kier molecular flexibility index (Phi) is 17.5. The van der Waals surface area contributed by atoms with Gasteiger partial charge in [0.1, 0.15) is 12.2 Å². The number of Topliss-reactive ketones (excluding diaryl/α,β-unsaturated/α-hetero) is 1. The normalized spacial score (nSPS) is 35.9. The van der Waals surface area contributed by atoms with Crippen molar-refractivity contribution >= 4 is 35.2 Å². The fourth-order valence-electron chi connectivity index (χ4n) is 13.8. The van der Waals surface area contributed by atoms with Crippen molar-refractivity contribution in [1.82, 2.24) is 25.4 Å². The number of rotatable bonds is 9. The van der Waals surface area contributed by atoms with E-state index in [-0.39, 0.29) is 57.9 Å². The van der Waals surface area contributed by atoms with Crippen molar-refractivity contribution in [3.8, 4) is 0 Å². The number of aliphatic hydroxyl groups excluding tert-OH is 1. The van der Waals surface area contributed by atoms with Gasteiger partial charge in [0, 0.05) is 95.4 Å². The van der Waals surface area contributed by atoms with E-state index >= 15 is 0 Å². The molecule has 0 radical (unpaired) electrons. The number of methoxy groups -OCH3 is 2. The predicted octanol–water partition coefficient (Wildman–Crippen LogP) is 7.53. The van der Waals surface area contributed by atoms with Gasteiger partial charge in [0.15, 0.2) is 6.10 Å². The number of ketones is 2. The molecule has 0 aromatic carbocycles. The molecule has 16 nitrogen and oxygen atoms in total. The maximum Gasteiger partial charge on any atom is 0.410 e. The third-order valence-corrected chi connectivity index (χ3v) is 18.0. The fourth-order valence-corrected chi connectivity index (χ4v) is 13.8. The zero-order chi connectivity index (χ0) is 53.8. The van der Waals surface area contributed by atoms with Crippen molar-refractivity contribution in [2.45, 2.75) is 130 Å². The lowest BCUT2D eigenvalue weighted by Crippen LogP contribution is -2.52. The lowest BCUT2D eigenvalue weighted by molar-refractivity contribution is -0.120. The number of allylic oxidation sites excluding steroid dienone is 7. The highest BCUT2D eigenvalue weighted by atomic mass is 16.6. The Morgan fingerprint density at radius 2 is 1.72 bits per heavy atom. The summed E-state index contributed by atoms with van der Waals surface area (Å²) in [6.07, 6.45) is 19.4. The van der Waals surface area contributed by atoms with E-state index in [1.807, 2.05) is 32.3 Å². The number of carbonyl (C=O) groups excluding carboxylic acids is 5. The van der Waals surface area contributed by atoms with Crippen molar-refractivity contribution < 1.29 is 48.0 Å². The molecule has 1 saturated heterocycles. The van der Waals surface area contributed by atoms with E-state index in [2.05, 4.69) is 52.6 Å². The minimum Gasteiger partial charge on any atom is -0.446 e. The SMILES string of the molecule is CO[C@H]1/C=C\C=C(/C)C(=O)NC2=CC(=O)C(NCCN3CCN(C(=O)O[C@H]4CC[C@@]5(C)C(=CC[C@@H]6[C@@H]5CC[C@]5(C)C(c7cccnc7)=CC[C@@H]65)C4)CC3)=C(C[C@@H](C)C[C@H](OC)[C@@H](O)[C@@H](C)/C=C(\C)[C@@H]1OC(N)=O)C2=O. The fraction of sp³-hybridized carbons (Fsp3) is 0.593. The van der Waals surface area contributed by atoms with E-state index in [1.165, 1.54) is 49.8 Å². The summed E-state index contributed by atoms with van der Waals surface area (Å²) in [5.41, 5.74) is 11.0. The second-order valence-corrected chi connectivity index (χ2v) is 22.7. The van der Waals surface area contributed by atoms with Gasteiger partial charge in [-0.1, -0.05) is 75.8 Å². The van der Waals surface area contributed by atoms with Crippen molar-refractivity contribution in [2.24, 2.45) is 46.2 Å². The van der Waals surface area contributed by atoms with Gasteiger partial charge in [-0.05, 0) is 122 Å². The van der Waals surface area contributed by atoms with Crippen molar-refractivity contribution in [3.05, 3.63) is 106 Å². The monoisotopic (exact) mass is 1030 g/mol. The van der Waals surface area contributed by atoms with Gasteiger partial charge >= 0.3 is 12.2 Å². The molecule has 406 valence electrons. The Morgan fingerprint density at radius 3 is 2.43 bits per heavy atom. The van der Waals surface area contributed by atoms with E-state index in [0.29, 0.717) is 69.0 Å². The first kappa shape index (κ1) is 55.5. The quantitative estimate of drug-likeness (QED) is 0.139. The van der Waals surface area contributed by atoms with Crippen LogP contribution in [0, 0.1) is 40.4 Å². The average molecular weight is 1030 g/mol. The first-order valence-electron chi connectivity index (χ1n) is 27.2. The summed E-state index contributed by atoms with van der Waals surface area (Å²) in [7, 11) is 2.95. The van der Waals surface area contributed by atoms with Gasteiger partial charge in [0.2, 0.25) is 11.6 Å². The molecule has 75 heavy (non-hydrogen) atoms. The maximum atomic E-state index is 14.3. The van der Waals surface area contributed by atoms with Crippen LogP contribution in [0.1, 0.15) is 105 Å². The summed E-state index contributed by atoms with van der Waals surface area (Å²) >= 11 is 0. The number of nitrogens with one attached hydrogen (secondary N) is 2. The Labute approximate surface area is 443 Å². The van der Waals surface area contributed by atoms with Gasteiger partial charge < -0.3 is 45.3 Å². The minimum atomic E-state index is -1.01. The standard InChI is InChI=1S/C59H80N6O10/c1-35-29-43-51(48(66)33-47(53(43)68)63-55(69)36(2)11-9-13-49(72-7)54(75-56(60)70)38(4)31-37(3)52(67)50(30-35)73-8)62-23-24-64-25-27-65(28-26-64)57(71)74-41-18-20-58(5)40(32-41)14-15-42-45-17-16-44(39-12-10-22-61-34-39)59(45,6)21-19-46(42)58/h9-14,16,22,31,33-35,37,41-42,45-46,49-50,52,54,62,67H,15,17-21,23-30,32H2,1-8H3,(H2,60,70)(H,63,69)/b13-9-,36-11+,38-31+/t35-,37+,41+,42+,45+,46+,49+,50+,52+,54+,58+,59-/m1/s1.